The first kappa shape index (κ1) is 18.1. The van der Waals surface area contributed by atoms with Crippen molar-refractivity contribution in [2.75, 3.05) is 32.6 Å². The third-order valence-corrected chi connectivity index (χ3v) is 4.15. The largest absolute Gasteiger partial charge is 0.497 e. The van der Waals surface area contributed by atoms with E-state index >= 15 is 0 Å². The first-order chi connectivity index (χ1) is 11.5. The second-order valence-corrected chi connectivity index (χ2v) is 6.08. The summed E-state index contributed by atoms with van der Waals surface area (Å²) in [4.78, 5) is 1.97. The van der Waals surface area contributed by atoms with Crippen LogP contribution in [0.3, 0.4) is 0 Å². The fourth-order valence-corrected chi connectivity index (χ4v) is 2.36. The minimum absolute atomic E-state index is 0.553. The van der Waals surface area contributed by atoms with Crippen LogP contribution in [0.2, 0.25) is 0 Å². The Balaban J connectivity index is 1.81. The van der Waals surface area contributed by atoms with Crippen molar-refractivity contribution >= 4 is 23.0 Å². The third-order valence-electron chi connectivity index (χ3n) is 3.74. The summed E-state index contributed by atoms with van der Waals surface area (Å²) in [5.41, 5.74) is 3.42. The van der Waals surface area contributed by atoms with Gasteiger partial charge in [0.1, 0.15) is 18.1 Å². The number of thiocarbonyl (C=S) groups is 1. The maximum Gasteiger partial charge on any atom is 0.173 e. The van der Waals surface area contributed by atoms with Gasteiger partial charge in [0.25, 0.3) is 0 Å². The van der Waals surface area contributed by atoms with Crippen molar-refractivity contribution in [3.63, 3.8) is 0 Å². The van der Waals surface area contributed by atoms with E-state index < -0.39 is 0 Å². The van der Waals surface area contributed by atoms with Crippen LogP contribution in [-0.4, -0.2) is 37.3 Å². The maximum atomic E-state index is 5.73. The molecule has 0 aliphatic rings. The molecule has 4 nitrogen and oxygen atoms in total. The van der Waals surface area contributed by atoms with Crippen molar-refractivity contribution in [3.8, 4) is 11.5 Å². The van der Waals surface area contributed by atoms with Crippen LogP contribution in [0.4, 0.5) is 5.69 Å². The number of anilines is 1. The highest BCUT2D eigenvalue weighted by Crippen LogP contribution is 2.18. The van der Waals surface area contributed by atoms with Crippen LogP contribution in [0.5, 0.6) is 11.5 Å². The van der Waals surface area contributed by atoms with Crippen molar-refractivity contribution in [2.45, 2.75) is 13.8 Å². The zero-order valence-electron chi connectivity index (χ0n) is 14.6. The molecule has 0 bridgehead atoms. The van der Waals surface area contributed by atoms with Gasteiger partial charge in [0, 0.05) is 12.7 Å². The molecule has 2 aromatic rings. The van der Waals surface area contributed by atoms with Crippen LogP contribution >= 0.6 is 12.2 Å². The summed E-state index contributed by atoms with van der Waals surface area (Å²) in [5.74, 6) is 1.64. The Morgan fingerprint density at radius 1 is 1.08 bits per heavy atom. The number of likely N-dealkylation sites (N-methyl/N-ethyl adjacent to an activating group) is 1. The van der Waals surface area contributed by atoms with Crippen molar-refractivity contribution in [1.29, 1.82) is 0 Å². The molecule has 5 heteroatoms. The molecule has 0 heterocycles. The second-order valence-electron chi connectivity index (χ2n) is 5.69. The number of rotatable bonds is 6. The van der Waals surface area contributed by atoms with E-state index in [9.17, 15) is 0 Å². The van der Waals surface area contributed by atoms with Gasteiger partial charge >= 0.3 is 0 Å². The molecular weight excluding hydrogens is 320 g/mol. The molecular formula is C19H24N2O2S. The molecule has 0 saturated heterocycles. The molecule has 24 heavy (non-hydrogen) atoms. The summed E-state index contributed by atoms with van der Waals surface area (Å²) in [6, 6.07) is 13.8. The van der Waals surface area contributed by atoms with Gasteiger partial charge < -0.3 is 19.7 Å². The lowest BCUT2D eigenvalue weighted by Gasteiger charge is -2.22. The number of nitrogens with zero attached hydrogens (tertiary/aromatic N) is 1. The van der Waals surface area contributed by atoms with Gasteiger partial charge in [0.15, 0.2) is 5.11 Å². The van der Waals surface area contributed by atoms with E-state index in [2.05, 4.69) is 37.4 Å². The fraction of sp³-hybridized carbons (Fsp3) is 0.316. The predicted molar refractivity (Wildman–Crippen MR) is 103 cm³/mol. The van der Waals surface area contributed by atoms with Gasteiger partial charge in [0.2, 0.25) is 0 Å². The smallest absolute Gasteiger partial charge is 0.173 e. The molecule has 0 aliphatic heterocycles. The summed E-state index contributed by atoms with van der Waals surface area (Å²) in [6.07, 6.45) is 0. The van der Waals surface area contributed by atoms with Crippen molar-refractivity contribution < 1.29 is 9.47 Å². The summed E-state index contributed by atoms with van der Waals surface area (Å²) in [6.45, 7) is 5.39. The number of hydrogen-bond acceptors (Lipinski definition) is 3. The molecule has 0 atom stereocenters. The number of aryl methyl sites for hydroxylation is 2. The fourth-order valence-electron chi connectivity index (χ4n) is 2.16. The molecule has 0 radical (unpaired) electrons. The lowest BCUT2D eigenvalue weighted by molar-refractivity contribution is 0.285. The molecule has 1 N–H and O–H groups in total. The van der Waals surface area contributed by atoms with Gasteiger partial charge in [-0.15, -0.1) is 0 Å². The third kappa shape index (κ3) is 5.13. The summed E-state index contributed by atoms with van der Waals surface area (Å²) in [5, 5.41) is 3.98. The number of benzene rings is 2. The highest BCUT2D eigenvalue weighted by atomic mass is 32.1. The molecule has 0 saturated carbocycles. The Morgan fingerprint density at radius 3 is 2.42 bits per heavy atom. The molecule has 2 rings (SSSR count). The number of hydrogen-bond donors (Lipinski definition) is 1. The van der Waals surface area contributed by atoms with E-state index in [1.165, 1.54) is 11.1 Å². The molecule has 0 fully saturated rings. The molecule has 2 aromatic carbocycles. The van der Waals surface area contributed by atoms with Gasteiger partial charge in [-0.2, -0.15) is 0 Å². The highest BCUT2D eigenvalue weighted by molar-refractivity contribution is 7.80. The molecule has 128 valence electrons. The first-order valence-corrected chi connectivity index (χ1v) is 8.26. The van der Waals surface area contributed by atoms with Crippen LogP contribution in [0, 0.1) is 13.8 Å². The lowest BCUT2D eigenvalue weighted by atomic mass is 10.1. The summed E-state index contributed by atoms with van der Waals surface area (Å²) < 4.78 is 10.9. The Bertz CT molecular complexity index is 686. The Kier molecular flexibility index (Phi) is 6.44. The van der Waals surface area contributed by atoms with Crippen LogP contribution in [0.15, 0.2) is 42.5 Å². The highest BCUT2D eigenvalue weighted by Gasteiger charge is 2.07. The topological polar surface area (TPSA) is 33.7 Å². The van der Waals surface area contributed by atoms with Crippen molar-refractivity contribution in [3.05, 3.63) is 53.6 Å². The van der Waals surface area contributed by atoms with Gasteiger partial charge in [-0.3, -0.25) is 0 Å². The normalized spacial score (nSPS) is 10.2. The van der Waals surface area contributed by atoms with Crippen LogP contribution in [0.25, 0.3) is 0 Å². The zero-order valence-corrected chi connectivity index (χ0v) is 15.4. The SMILES string of the molecule is COc1ccc(OCCN(C)C(=S)Nc2cc(C)ccc2C)cc1. The van der Waals surface area contributed by atoms with Gasteiger partial charge in [-0.05, 0) is 67.5 Å². The van der Waals surface area contributed by atoms with E-state index in [0.29, 0.717) is 18.3 Å². The first-order valence-electron chi connectivity index (χ1n) is 7.86. The standard InChI is InChI=1S/C19H24N2O2S/c1-14-5-6-15(2)18(13-14)20-19(24)21(3)11-12-23-17-9-7-16(22-4)8-10-17/h5-10,13H,11-12H2,1-4H3,(H,20,24). The van der Waals surface area contributed by atoms with Crippen LogP contribution in [0.1, 0.15) is 11.1 Å². The number of ether oxygens (including phenoxy) is 2. The molecule has 0 spiro atoms. The Labute approximate surface area is 149 Å². The van der Waals surface area contributed by atoms with Crippen LogP contribution < -0.4 is 14.8 Å². The van der Waals surface area contributed by atoms with Gasteiger partial charge in [-0.1, -0.05) is 12.1 Å². The summed E-state index contributed by atoms with van der Waals surface area (Å²) in [7, 11) is 3.60. The molecule has 0 aromatic heterocycles. The van der Waals surface area contributed by atoms with Crippen molar-refractivity contribution in [1.82, 2.24) is 4.90 Å². The average molecular weight is 344 g/mol. The average Bonchev–Trinajstić information content (AvgIpc) is 2.58. The Hall–Kier alpha value is -2.27. The quantitative estimate of drug-likeness (QED) is 0.801. The minimum atomic E-state index is 0.553. The monoisotopic (exact) mass is 344 g/mol. The van der Waals surface area contributed by atoms with Crippen LogP contribution in [-0.2, 0) is 0 Å². The number of nitrogens with one attached hydrogen (secondary N) is 1. The number of methoxy groups -OCH3 is 1. The molecule has 0 amide bonds. The van der Waals surface area contributed by atoms with E-state index in [1.807, 2.05) is 36.2 Å². The van der Waals surface area contributed by atoms with E-state index in [1.54, 1.807) is 7.11 Å². The van der Waals surface area contributed by atoms with E-state index in [-0.39, 0.29) is 0 Å². The molecule has 0 aliphatic carbocycles. The minimum Gasteiger partial charge on any atom is -0.497 e. The van der Waals surface area contributed by atoms with Gasteiger partial charge in [0.05, 0.1) is 13.7 Å². The second kappa shape index (κ2) is 8.55. The van der Waals surface area contributed by atoms with Crippen molar-refractivity contribution in [2.24, 2.45) is 0 Å². The predicted octanol–water partition coefficient (Wildman–Crippen LogP) is 4.02. The van der Waals surface area contributed by atoms with Gasteiger partial charge in [-0.25, -0.2) is 0 Å². The maximum absolute atomic E-state index is 5.73. The summed E-state index contributed by atoms with van der Waals surface area (Å²) >= 11 is 5.47. The molecule has 0 unspecified atom stereocenters. The zero-order chi connectivity index (χ0) is 17.5. The van der Waals surface area contributed by atoms with E-state index in [0.717, 1.165) is 17.2 Å². The Morgan fingerprint density at radius 2 is 1.75 bits per heavy atom. The van der Waals surface area contributed by atoms with E-state index in [4.69, 9.17) is 21.7 Å². The lowest BCUT2D eigenvalue weighted by Crippen LogP contribution is -2.34.